The number of piperidine rings is 1. The van der Waals surface area contributed by atoms with E-state index in [2.05, 4.69) is 43.5 Å². The van der Waals surface area contributed by atoms with Crippen LogP contribution in [0.5, 0.6) is 5.75 Å². The number of benzene rings is 1. The molecule has 15 heteroatoms. The van der Waals surface area contributed by atoms with E-state index in [1.165, 1.54) is 48.3 Å². The summed E-state index contributed by atoms with van der Waals surface area (Å²) in [7, 11) is 2.00. The fraction of sp³-hybridized carbons (Fsp3) is 0.524. The summed E-state index contributed by atoms with van der Waals surface area (Å²) >= 11 is 8.09. The number of ether oxygens (including phenoxy) is 1. The van der Waals surface area contributed by atoms with Crippen molar-refractivity contribution in [3.8, 4) is 17.0 Å². The molecular weight excluding hydrogens is 762 g/mol. The number of thiophene rings is 1. The van der Waals surface area contributed by atoms with E-state index in [9.17, 15) is 14.4 Å². The zero-order chi connectivity index (χ0) is 39.3. The van der Waals surface area contributed by atoms with Gasteiger partial charge in [0.25, 0.3) is 5.91 Å². The van der Waals surface area contributed by atoms with Crippen LogP contribution in [0.2, 0.25) is 5.02 Å². The van der Waals surface area contributed by atoms with Gasteiger partial charge in [-0.1, -0.05) is 30.2 Å². The van der Waals surface area contributed by atoms with Crippen LogP contribution >= 0.6 is 22.9 Å². The molecule has 302 valence electrons. The second-order valence-corrected chi connectivity index (χ2v) is 17.3. The summed E-state index contributed by atoms with van der Waals surface area (Å²) in [4.78, 5) is 48.9. The molecule has 5 heterocycles. The molecule has 0 spiro atoms. The van der Waals surface area contributed by atoms with Crippen molar-refractivity contribution in [3.05, 3.63) is 74.3 Å². The van der Waals surface area contributed by atoms with Gasteiger partial charge in [-0.15, -0.1) is 11.3 Å². The fourth-order valence-corrected chi connectivity index (χ4v) is 9.36. The molecule has 2 saturated carbocycles. The van der Waals surface area contributed by atoms with Crippen LogP contribution in [0.25, 0.3) is 11.3 Å². The van der Waals surface area contributed by atoms with Gasteiger partial charge in [-0.3, -0.25) is 24.4 Å². The summed E-state index contributed by atoms with van der Waals surface area (Å²) in [5, 5.41) is 20.2. The van der Waals surface area contributed by atoms with Gasteiger partial charge in [0, 0.05) is 65.7 Å². The standard InChI is InChI=1S/C42H52ClN9O4S/c1-51-36(19-26-5-6-26)31(21-47-51)39-34(43)22-46-42(50-39)48-29-11-9-28(10-12-29)45-18-4-2-3-17-44-20-27-7-13-30(14-8-27)56-24-37-32-23-52(41(55)33(32)25-57-37)35-15-16-38(53)49-40(35)54/h7-8,13-14,21-22,25-26,28-29,35,44-45H,2-6,9-12,15-20,23-24H2,1H3,(H,46,48,50)(H,49,53,54)/t28?,29?,35-/m0/s1. The van der Waals surface area contributed by atoms with Crippen molar-refractivity contribution in [3.63, 3.8) is 0 Å². The van der Waals surface area contributed by atoms with Gasteiger partial charge in [0.1, 0.15) is 18.4 Å². The topological polar surface area (TPSA) is 155 Å². The summed E-state index contributed by atoms with van der Waals surface area (Å²) in [6.07, 6.45) is 15.7. The van der Waals surface area contributed by atoms with Crippen molar-refractivity contribution in [1.29, 1.82) is 0 Å². The molecule has 57 heavy (non-hydrogen) atoms. The number of hydrogen-bond donors (Lipinski definition) is 4. The van der Waals surface area contributed by atoms with Crippen molar-refractivity contribution in [1.82, 2.24) is 40.6 Å². The number of unbranched alkanes of at least 4 members (excludes halogenated alkanes) is 2. The molecule has 2 aliphatic heterocycles. The molecule has 3 aromatic heterocycles. The maximum atomic E-state index is 13.0. The fourth-order valence-electron chi connectivity index (χ4n) is 8.22. The Morgan fingerprint density at radius 2 is 1.74 bits per heavy atom. The maximum absolute atomic E-state index is 13.0. The predicted molar refractivity (Wildman–Crippen MR) is 220 cm³/mol. The monoisotopic (exact) mass is 813 g/mol. The van der Waals surface area contributed by atoms with Gasteiger partial charge in [-0.2, -0.15) is 5.10 Å². The summed E-state index contributed by atoms with van der Waals surface area (Å²) in [6, 6.07) is 8.43. The highest BCUT2D eigenvalue weighted by molar-refractivity contribution is 7.10. The largest absolute Gasteiger partial charge is 0.488 e. The first-order chi connectivity index (χ1) is 27.8. The highest BCUT2D eigenvalue weighted by Gasteiger charge is 2.40. The number of rotatable bonds is 18. The van der Waals surface area contributed by atoms with Crippen LogP contribution < -0.4 is 26.0 Å². The van der Waals surface area contributed by atoms with E-state index in [0.29, 0.717) is 48.2 Å². The lowest BCUT2D eigenvalue weighted by molar-refractivity contribution is -0.136. The molecule has 3 fully saturated rings. The number of amides is 3. The molecule has 0 radical (unpaired) electrons. The van der Waals surface area contributed by atoms with Crippen molar-refractivity contribution in [2.75, 3.05) is 18.4 Å². The van der Waals surface area contributed by atoms with E-state index >= 15 is 0 Å². The number of nitrogens with zero attached hydrogens (tertiary/aromatic N) is 5. The zero-order valence-electron chi connectivity index (χ0n) is 32.5. The van der Waals surface area contributed by atoms with Crippen LogP contribution in [0.3, 0.4) is 0 Å². The lowest BCUT2D eigenvalue weighted by Crippen LogP contribution is -2.52. The van der Waals surface area contributed by atoms with Crippen LogP contribution in [0, 0.1) is 5.92 Å². The van der Waals surface area contributed by atoms with Crippen molar-refractivity contribution in [2.45, 2.75) is 115 Å². The number of imide groups is 1. The van der Waals surface area contributed by atoms with Gasteiger partial charge >= 0.3 is 0 Å². The minimum Gasteiger partial charge on any atom is -0.488 e. The van der Waals surface area contributed by atoms with Crippen LogP contribution in [-0.4, -0.2) is 73.6 Å². The lowest BCUT2D eigenvalue weighted by atomic mass is 9.91. The van der Waals surface area contributed by atoms with Gasteiger partial charge in [0.05, 0.1) is 28.7 Å². The van der Waals surface area contributed by atoms with E-state index in [1.807, 2.05) is 35.4 Å². The third-order valence-electron chi connectivity index (χ3n) is 11.8. The normalized spacial score (nSPS) is 20.8. The number of anilines is 1. The summed E-state index contributed by atoms with van der Waals surface area (Å²) in [6.45, 7) is 3.55. The molecule has 13 nitrogen and oxygen atoms in total. The predicted octanol–water partition coefficient (Wildman–Crippen LogP) is 6.16. The van der Waals surface area contributed by atoms with Gasteiger partial charge in [-0.25, -0.2) is 9.97 Å². The Morgan fingerprint density at radius 1 is 0.947 bits per heavy atom. The molecule has 8 rings (SSSR count). The molecule has 0 bridgehead atoms. The second-order valence-electron chi connectivity index (χ2n) is 15.9. The van der Waals surface area contributed by atoms with E-state index in [4.69, 9.17) is 21.3 Å². The highest BCUT2D eigenvalue weighted by atomic mass is 35.5. The molecule has 1 atom stereocenters. The summed E-state index contributed by atoms with van der Waals surface area (Å²) in [5.74, 6) is 1.32. The van der Waals surface area contributed by atoms with E-state index < -0.39 is 11.9 Å². The van der Waals surface area contributed by atoms with Gasteiger partial charge in [0.2, 0.25) is 17.8 Å². The molecule has 4 N–H and O–H groups in total. The van der Waals surface area contributed by atoms with Crippen LogP contribution in [0.1, 0.15) is 103 Å². The molecule has 4 aliphatic rings. The Balaban J connectivity index is 0.680. The average Bonchev–Trinajstić information content (AvgIpc) is 3.72. The van der Waals surface area contributed by atoms with Gasteiger partial charge < -0.3 is 25.6 Å². The van der Waals surface area contributed by atoms with Crippen LogP contribution in [0.15, 0.2) is 42.0 Å². The number of nitrogens with one attached hydrogen (secondary N) is 4. The average molecular weight is 814 g/mol. The first kappa shape index (κ1) is 39.5. The molecule has 1 saturated heterocycles. The Hall–Kier alpha value is -4.37. The Labute approximate surface area is 342 Å². The first-order valence-corrected chi connectivity index (χ1v) is 21.7. The number of hydrogen-bond acceptors (Lipinski definition) is 11. The summed E-state index contributed by atoms with van der Waals surface area (Å²) < 4.78 is 8.04. The Bertz CT molecular complexity index is 2060. The number of aromatic nitrogens is 4. The van der Waals surface area contributed by atoms with E-state index in [1.54, 1.807) is 11.1 Å². The second kappa shape index (κ2) is 18.0. The first-order valence-electron chi connectivity index (χ1n) is 20.5. The quantitative estimate of drug-likeness (QED) is 0.0679. The molecule has 2 aliphatic carbocycles. The zero-order valence-corrected chi connectivity index (χ0v) is 34.1. The minimum atomic E-state index is -0.610. The third-order valence-corrected chi connectivity index (χ3v) is 13.1. The number of fused-ring (bicyclic) bond motifs is 1. The number of halogens is 1. The maximum Gasteiger partial charge on any atom is 0.256 e. The lowest BCUT2D eigenvalue weighted by Gasteiger charge is -2.30. The number of carbonyl (C=O) groups excluding carboxylic acids is 3. The highest BCUT2D eigenvalue weighted by Crippen LogP contribution is 2.37. The Kier molecular flexibility index (Phi) is 12.5. The SMILES string of the molecule is Cn1ncc(-c2nc(NC3CCC(NCCCCCNCc4ccc(OCc5scc6c5CN([C@H]5CCC(=O)NC5=O)C6=O)cc4)CC3)ncc2Cl)c1CC1CC1. The van der Waals surface area contributed by atoms with Crippen molar-refractivity contribution < 1.29 is 19.1 Å². The van der Waals surface area contributed by atoms with Crippen LogP contribution in [0.4, 0.5) is 5.95 Å². The molecule has 3 amide bonds. The number of carbonyl (C=O) groups is 3. The van der Waals surface area contributed by atoms with Crippen molar-refractivity contribution in [2.24, 2.45) is 13.0 Å². The smallest absolute Gasteiger partial charge is 0.256 e. The minimum absolute atomic E-state index is 0.155. The van der Waals surface area contributed by atoms with Gasteiger partial charge in [-0.05, 0) is 101 Å². The summed E-state index contributed by atoms with van der Waals surface area (Å²) in [5.41, 5.74) is 5.73. The number of aryl methyl sites for hydroxylation is 1. The molecule has 0 unspecified atom stereocenters. The van der Waals surface area contributed by atoms with Crippen LogP contribution in [-0.2, 0) is 42.8 Å². The van der Waals surface area contributed by atoms with E-state index in [0.717, 1.165) is 91.5 Å². The third kappa shape index (κ3) is 9.68. The van der Waals surface area contributed by atoms with Crippen molar-refractivity contribution >= 4 is 46.6 Å². The van der Waals surface area contributed by atoms with Gasteiger partial charge in [0.15, 0.2) is 0 Å². The molecule has 1 aromatic carbocycles. The van der Waals surface area contributed by atoms with E-state index in [-0.39, 0.29) is 18.2 Å². The Morgan fingerprint density at radius 3 is 2.53 bits per heavy atom. The molecular formula is C42H52ClN9O4S. The molecule has 4 aromatic rings.